The van der Waals surface area contributed by atoms with Gasteiger partial charge in [-0.1, -0.05) is 17.7 Å². The summed E-state index contributed by atoms with van der Waals surface area (Å²) in [5.41, 5.74) is 6.71. The maximum Gasteiger partial charge on any atom is 0.249 e. The van der Waals surface area contributed by atoms with E-state index in [0.29, 0.717) is 19.7 Å². The van der Waals surface area contributed by atoms with E-state index in [4.69, 9.17) is 15.2 Å². The summed E-state index contributed by atoms with van der Waals surface area (Å²) in [5.74, 6) is 0.735. The SMILES string of the molecule is Cc1ccc(OCCNC(=O)[C@@H]2CC[C@H](CN)O2)cc1.Cl. The Morgan fingerprint density at radius 2 is 2.10 bits per heavy atom. The average molecular weight is 315 g/mol. The van der Waals surface area contributed by atoms with Crippen molar-refractivity contribution in [1.82, 2.24) is 5.32 Å². The van der Waals surface area contributed by atoms with Crippen LogP contribution in [0.5, 0.6) is 5.75 Å². The number of carbonyl (C=O) groups is 1. The molecule has 1 aromatic carbocycles. The van der Waals surface area contributed by atoms with Gasteiger partial charge in [0.25, 0.3) is 0 Å². The van der Waals surface area contributed by atoms with Crippen molar-refractivity contribution >= 4 is 18.3 Å². The van der Waals surface area contributed by atoms with Gasteiger partial charge in [-0.2, -0.15) is 0 Å². The predicted octanol–water partition coefficient (Wildman–Crippen LogP) is 1.42. The van der Waals surface area contributed by atoms with E-state index in [1.807, 2.05) is 31.2 Å². The molecule has 0 radical (unpaired) electrons. The molecule has 118 valence electrons. The number of halogens is 1. The zero-order chi connectivity index (χ0) is 14.4. The molecule has 1 aliphatic heterocycles. The first kappa shape index (κ1) is 17.8. The Morgan fingerprint density at radius 3 is 2.71 bits per heavy atom. The lowest BCUT2D eigenvalue weighted by Gasteiger charge is -2.13. The van der Waals surface area contributed by atoms with E-state index < -0.39 is 0 Å². The Labute approximate surface area is 131 Å². The lowest BCUT2D eigenvalue weighted by molar-refractivity contribution is -0.131. The maximum absolute atomic E-state index is 11.8. The minimum Gasteiger partial charge on any atom is -0.492 e. The second-order valence-corrected chi connectivity index (χ2v) is 5.01. The summed E-state index contributed by atoms with van der Waals surface area (Å²) in [7, 11) is 0. The third-order valence-electron chi connectivity index (χ3n) is 3.35. The number of nitrogens with one attached hydrogen (secondary N) is 1. The highest BCUT2D eigenvalue weighted by Gasteiger charge is 2.29. The molecule has 1 aliphatic rings. The molecule has 2 rings (SSSR count). The number of hydrogen-bond donors (Lipinski definition) is 2. The lowest BCUT2D eigenvalue weighted by atomic mass is 10.2. The third kappa shape index (κ3) is 5.53. The lowest BCUT2D eigenvalue weighted by Crippen LogP contribution is -2.37. The van der Waals surface area contributed by atoms with Crippen molar-refractivity contribution in [3.8, 4) is 5.75 Å². The van der Waals surface area contributed by atoms with Gasteiger partial charge >= 0.3 is 0 Å². The zero-order valence-corrected chi connectivity index (χ0v) is 13.0. The fourth-order valence-corrected chi connectivity index (χ4v) is 2.16. The first-order valence-corrected chi connectivity index (χ1v) is 7.01. The quantitative estimate of drug-likeness (QED) is 0.779. The molecule has 5 nitrogen and oxygen atoms in total. The van der Waals surface area contributed by atoms with Crippen molar-refractivity contribution in [3.63, 3.8) is 0 Å². The molecule has 0 unspecified atom stereocenters. The van der Waals surface area contributed by atoms with Gasteiger partial charge in [0.15, 0.2) is 0 Å². The summed E-state index contributed by atoms with van der Waals surface area (Å²) in [5, 5.41) is 2.82. The van der Waals surface area contributed by atoms with Crippen LogP contribution in [0.3, 0.4) is 0 Å². The van der Waals surface area contributed by atoms with Gasteiger partial charge in [0.05, 0.1) is 12.6 Å². The molecule has 1 aromatic rings. The summed E-state index contributed by atoms with van der Waals surface area (Å²) in [6.07, 6.45) is 1.26. The maximum atomic E-state index is 11.8. The van der Waals surface area contributed by atoms with Crippen molar-refractivity contribution in [2.75, 3.05) is 19.7 Å². The molecule has 1 heterocycles. The zero-order valence-electron chi connectivity index (χ0n) is 12.2. The number of nitrogens with two attached hydrogens (primary N) is 1. The van der Waals surface area contributed by atoms with Crippen LogP contribution in [0.15, 0.2) is 24.3 Å². The van der Waals surface area contributed by atoms with Gasteiger partial charge in [0, 0.05) is 6.54 Å². The molecule has 6 heteroatoms. The van der Waals surface area contributed by atoms with Crippen molar-refractivity contribution in [2.45, 2.75) is 32.0 Å². The highest BCUT2D eigenvalue weighted by atomic mass is 35.5. The molecule has 3 N–H and O–H groups in total. The van der Waals surface area contributed by atoms with Crippen LogP contribution in [0.25, 0.3) is 0 Å². The van der Waals surface area contributed by atoms with E-state index in [9.17, 15) is 4.79 Å². The fraction of sp³-hybridized carbons (Fsp3) is 0.533. The van der Waals surface area contributed by atoms with E-state index in [1.54, 1.807) is 0 Å². The van der Waals surface area contributed by atoms with Gasteiger partial charge in [0.1, 0.15) is 18.5 Å². The van der Waals surface area contributed by atoms with E-state index in [1.165, 1.54) is 5.56 Å². The number of carbonyl (C=O) groups excluding carboxylic acids is 1. The van der Waals surface area contributed by atoms with Crippen LogP contribution in [0, 0.1) is 6.92 Å². The molecular formula is C15H23ClN2O3. The largest absolute Gasteiger partial charge is 0.492 e. The molecule has 0 aliphatic carbocycles. The molecule has 0 spiro atoms. The number of rotatable bonds is 6. The van der Waals surface area contributed by atoms with Crippen molar-refractivity contribution < 1.29 is 14.3 Å². The van der Waals surface area contributed by atoms with E-state index in [-0.39, 0.29) is 30.5 Å². The van der Waals surface area contributed by atoms with Gasteiger partial charge in [-0.3, -0.25) is 4.79 Å². The van der Waals surface area contributed by atoms with Crippen molar-refractivity contribution in [1.29, 1.82) is 0 Å². The molecule has 0 bridgehead atoms. The monoisotopic (exact) mass is 314 g/mol. The van der Waals surface area contributed by atoms with Crippen LogP contribution in [0.2, 0.25) is 0 Å². The summed E-state index contributed by atoms with van der Waals surface area (Å²) in [6.45, 7) is 3.42. The first-order valence-electron chi connectivity index (χ1n) is 7.01. The third-order valence-corrected chi connectivity index (χ3v) is 3.35. The number of hydrogen-bond acceptors (Lipinski definition) is 4. The van der Waals surface area contributed by atoms with Gasteiger partial charge in [-0.25, -0.2) is 0 Å². The molecule has 2 atom stereocenters. The van der Waals surface area contributed by atoms with Crippen LogP contribution in [-0.4, -0.2) is 37.8 Å². The van der Waals surface area contributed by atoms with Crippen LogP contribution in [-0.2, 0) is 9.53 Å². The summed E-state index contributed by atoms with van der Waals surface area (Å²) in [4.78, 5) is 11.8. The minimum atomic E-state index is -0.358. The van der Waals surface area contributed by atoms with Gasteiger partial charge in [-0.15, -0.1) is 12.4 Å². The van der Waals surface area contributed by atoms with E-state index >= 15 is 0 Å². The number of ether oxygens (including phenoxy) is 2. The summed E-state index contributed by atoms with van der Waals surface area (Å²) < 4.78 is 11.1. The second-order valence-electron chi connectivity index (χ2n) is 5.01. The molecule has 1 amide bonds. The highest BCUT2D eigenvalue weighted by Crippen LogP contribution is 2.18. The topological polar surface area (TPSA) is 73.6 Å². The van der Waals surface area contributed by atoms with Gasteiger partial charge < -0.3 is 20.5 Å². The van der Waals surface area contributed by atoms with Gasteiger partial charge in [-0.05, 0) is 31.9 Å². The van der Waals surface area contributed by atoms with Crippen molar-refractivity contribution in [3.05, 3.63) is 29.8 Å². The summed E-state index contributed by atoms with van der Waals surface area (Å²) in [6, 6.07) is 7.83. The molecule has 0 saturated carbocycles. The number of benzene rings is 1. The first-order chi connectivity index (χ1) is 9.69. The Bertz CT molecular complexity index is 439. The minimum absolute atomic E-state index is 0. The smallest absolute Gasteiger partial charge is 0.249 e. The van der Waals surface area contributed by atoms with Crippen molar-refractivity contribution in [2.24, 2.45) is 5.73 Å². The number of amides is 1. The number of aryl methyl sites for hydroxylation is 1. The molecule has 1 saturated heterocycles. The fourth-order valence-electron chi connectivity index (χ4n) is 2.16. The van der Waals surface area contributed by atoms with Crippen LogP contribution >= 0.6 is 12.4 Å². The normalized spacial score (nSPS) is 20.7. The Morgan fingerprint density at radius 1 is 1.38 bits per heavy atom. The van der Waals surface area contributed by atoms with Crippen LogP contribution in [0.1, 0.15) is 18.4 Å². The molecule has 21 heavy (non-hydrogen) atoms. The van der Waals surface area contributed by atoms with E-state index in [0.717, 1.165) is 18.6 Å². The molecule has 0 aromatic heterocycles. The summed E-state index contributed by atoms with van der Waals surface area (Å²) >= 11 is 0. The Hall–Kier alpha value is -1.30. The standard InChI is InChI=1S/C15H22N2O3.ClH/c1-11-2-4-12(5-3-11)19-9-8-17-15(18)14-7-6-13(10-16)20-14;/h2-5,13-14H,6-10,16H2,1H3,(H,17,18);1H/t13-,14+;/m1./s1. The molecule has 1 fully saturated rings. The van der Waals surface area contributed by atoms with Crippen LogP contribution in [0.4, 0.5) is 0 Å². The van der Waals surface area contributed by atoms with Gasteiger partial charge in [0.2, 0.25) is 5.91 Å². The predicted molar refractivity (Wildman–Crippen MR) is 83.9 cm³/mol. The Kier molecular flexibility index (Phi) is 7.50. The molecular weight excluding hydrogens is 292 g/mol. The Balaban J connectivity index is 0.00000220. The van der Waals surface area contributed by atoms with E-state index in [2.05, 4.69) is 5.32 Å². The van der Waals surface area contributed by atoms with Crippen LogP contribution < -0.4 is 15.8 Å². The second kappa shape index (κ2) is 8.87. The average Bonchev–Trinajstić information content (AvgIpc) is 2.94. The highest BCUT2D eigenvalue weighted by molar-refractivity contribution is 5.85.